The molecule has 0 radical (unpaired) electrons. The van der Waals surface area contributed by atoms with E-state index in [4.69, 9.17) is 4.74 Å². The van der Waals surface area contributed by atoms with Crippen LogP contribution in [0, 0.1) is 6.92 Å². The van der Waals surface area contributed by atoms with Crippen molar-refractivity contribution < 1.29 is 14.3 Å². The van der Waals surface area contributed by atoms with Crippen molar-refractivity contribution in [2.75, 3.05) is 11.9 Å². The van der Waals surface area contributed by atoms with Gasteiger partial charge in [-0.05, 0) is 37.1 Å². The summed E-state index contributed by atoms with van der Waals surface area (Å²) >= 11 is 1.43. The van der Waals surface area contributed by atoms with Gasteiger partial charge in [0.2, 0.25) is 5.91 Å². The summed E-state index contributed by atoms with van der Waals surface area (Å²) in [5.41, 5.74) is 2.83. The van der Waals surface area contributed by atoms with Crippen molar-refractivity contribution in [3.05, 3.63) is 59.7 Å². The summed E-state index contributed by atoms with van der Waals surface area (Å²) in [5, 5.41) is 6.12. The number of nitrogens with zero attached hydrogens (tertiary/aromatic N) is 1. The summed E-state index contributed by atoms with van der Waals surface area (Å²) in [6.07, 6.45) is -0.466. The summed E-state index contributed by atoms with van der Waals surface area (Å²) in [6.45, 7) is 4.02. The van der Waals surface area contributed by atoms with Crippen molar-refractivity contribution in [2.24, 2.45) is 0 Å². The van der Waals surface area contributed by atoms with Crippen molar-refractivity contribution in [2.45, 2.75) is 26.3 Å². The van der Waals surface area contributed by atoms with E-state index >= 15 is 0 Å². The number of alkyl carbamates (subject to hydrolysis) is 1. The molecule has 2 aromatic carbocycles. The Bertz CT molecular complexity index is 940. The maximum Gasteiger partial charge on any atom is 0.407 e. The van der Waals surface area contributed by atoms with Gasteiger partial charge in [-0.25, -0.2) is 9.78 Å². The average Bonchev–Trinajstić information content (AvgIpc) is 3.03. The monoisotopic (exact) mass is 383 g/mol. The normalized spacial score (nSPS) is 11.8. The number of aromatic nitrogens is 1. The van der Waals surface area contributed by atoms with Crippen LogP contribution in [0.1, 0.15) is 30.5 Å². The van der Waals surface area contributed by atoms with E-state index in [1.54, 1.807) is 6.92 Å². The van der Waals surface area contributed by atoms with E-state index in [0.717, 1.165) is 21.3 Å². The van der Waals surface area contributed by atoms with Gasteiger partial charge in [-0.1, -0.05) is 47.7 Å². The molecule has 1 heterocycles. The third kappa shape index (κ3) is 5.04. The number of carbonyl (C=O) groups excluding carboxylic acids is 2. The Morgan fingerprint density at radius 1 is 1.19 bits per heavy atom. The van der Waals surface area contributed by atoms with Crippen LogP contribution in [-0.4, -0.2) is 23.6 Å². The van der Waals surface area contributed by atoms with Crippen LogP contribution in [0.3, 0.4) is 0 Å². The summed E-state index contributed by atoms with van der Waals surface area (Å²) in [7, 11) is 0. The number of carbonyl (C=O) groups is 2. The van der Waals surface area contributed by atoms with Crippen molar-refractivity contribution >= 4 is 38.7 Å². The topological polar surface area (TPSA) is 80.3 Å². The molecule has 0 aliphatic rings. The van der Waals surface area contributed by atoms with Crippen LogP contribution in [0.5, 0.6) is 0 Å². The Kier molecular flexibility index (Phi) is 6.03. The molecule has 0 fully saturated rings. The molecule has 0 aliphatic heterocycles. The minimum Gasteiger partial charge on any atom is -0.450 e. The van der Waals surface area contributed by atoms with E-state index in [1.807, 2.05) is 55.5 Å². The highest BCUT2D eigenvalue weighted by atomic mass is 32.1. The number of rotatable bonds is 6. The lowest BCUT2D eigenvalue weighted by molar-refractivity contribution is -0.116. The van der Waals surface area contributed by atoms with Gasteiger partial charge in [0.15, 0.2) is 5.13 Å². The fourth-order valence-corrected chi connectivity index (χ4v) is 3.67. The number of aryl methyl sites for hydroxylation is 1. The molecule has 2 N–H and O–H groups in total. The maximum absolute atomic E-state index is 12.5. The van der Waals surface area contributed by atoms with Crippen molar-refractivity contribution in [1.29, 1.82) is 0 Å². The standard InChI is InChI=1S/C20H21N3O3S/c1-3-26-20(25)22-16(14-7-5-4-6-8-14)12-18(24)23-19-21-15-10-9-13(2)11-17(15)27-19/h4-11,16H,3,12H2,1-2H3,(H,22,25)(H,21,23,24)/t16-/m1/s1. The van der Waals surface area contributed by atoms with Gasteiger partial charge < -0.3 is 15.4 Å². The number of fused-ring (bicyclic) bond motifs is 1. The number of nitrogens with one attached hydrogen (secondary N) is 2. The lowest BCUT2D eigenvalue weighted by Gasteiger charge is -2.18. The molecular weight excluding hydrogens is 362 g/mol. The molecule has 0 aliphatic carbocycles. The van der Waals surface area contributed by atoms with Gasteiger partial charge in [0.05, 0.1) is 29.3 Å². The zero-order valence-electron chi connectivity index (χ0n) is 15.2. The van der Waals surface area contributed by atoms with Gasteiger partial charge >= 0.3 is 6.09 Å². The van der Waals surface area contributed by atoms with E-state index in [1.165, 1.54) is 11.3 Å². The predicted molar refractivity (Wildman–Crippen MR) is 107 cm³/mol. The first-order chi connectivity index (χ1) is 13.0. The predicted octanol–water partition coefficient (Wildman–Crippen LogP) is 4.42. The molecule has 0 saturated heterocycles. The third-order valence-electron chi connectivity index (χ3n) is 3.95. The minimum absolute atomic E-state index is 0.0811. The number of ether oxygens (including phenoxy) is 1. The number of benzene rings is 2. The SMILES string of the molecule is CCOC(=O)N[C@H](CC(=O)Nc1nc2ccc(C)cc2s1)c1ccccc1. The smallest absolute Gasteiger partial charge is 0.407 e. The Labute approximate surface area is 161 Å². The van der Waals surface area contributed by atoms with Crippen LogP contribution < -0.4 is 10.6 Å². The van der Waals surface area contributed by atoms with Crippen LogP contribution in [-0.2, 0) is 9.53 Å². The van der Waals surface area contributed by atoms with E-state index in [9.17, 15) is 9.59 Å². The van der Waals surface area contributed by atoms with Crippen molar-refractivity contribution in [3.8, 4) is 0 Å². The molecule has 1 aromatic heterocycles. The molecule has 0 unspecified atom stereocenters. The quantitative estimate of drug-likeness (QED) is 0.660. The lowest BCUT2D eigenvalue weighted by atomic mass is 10.0. The highest BCUT2D eigenvalue weighted by Gasteiger charge is 2.20. The van der Waals surface area contributed by atoms with Gasteiger partial charge in [0.25, 0.3) is 0 Å². The van der Waals surface area contributed by atoms with Crippen LogP contribution in [0.15, 0.2) is 48.5 Å². The maximum atomic E-state index is 12.5. The van der Waals surface area contributed by atoms with E-state index in [2.05, 4.69) is 15.6 Å². The van der Waals surface area contributed by atoms with E-state index < -0.39 is 12.1 Å². The molecule has 27 heavy (non-hydrogen) atoms. The van der Waals surface area contributed by atoms with Gasteiger partial charge in [-0.3, -0.25) is 4.79 Å². The molecule has 6 nitrogen and oxygen atoms in total. The Hall–Kier alpha value is -2.93. The Morgan fingerprint density at radius 3 is 2.70 bits per heavy atom. The van der Waals surface area contributed by atoms with Crippen molar-refractivity contribution in [3.63, 3.8) is 0 Å². The van der Waals surface area contributed by atoms with Gasteiger partial charge in [-0.15, -0.1) is 0 Å². The van der Waals surface area contributed by atoms with Crippen LogP contribution in [0.4, 0.5) is 9.93 Å². The molecular formula is C20H21N3O3S. The number of hydrogen-bond donors (Lipinski definition) is 2. The number of hydrogen-bond acceptors (Lipinski definition) is 5. The fourth-order valence-electron chi connectivity index (χ4n) is 2.69. The highest BCUT2D eigenvalue weighted by molar-refractivity contribution is 7.22. The first kappa shape index (κ1) is 18.8. The summed E-state index contributed by atoms with van der Waals surface area (Å²) in [5.74, 6) is -0.226. The second-order valence-electron chi connectivity index (χ2n) is 6.07. The average molecular weight is 383 g/mol. The summed E-state index contributed by atoms with van der Waals surface area (Å²) in [4.78, 5) is 28.8. The van der Waals surface area contributed by atoms with Crippen LogP contribution >= 0.6 is 11.3 Å². The fraction of sp³-hybridized carbons (Fsp3) is 0.250. The molecule has 0 spiro atoms. The van der Waals surface area contributed by atoms with E-state index in [0.29, 0.717) is 5.13 Å². The molecule has 2 amide bonds. The molecule has 0 saturated carbocycles. The number of amides is 2. The first-order valence-corrected chi connectivity index (χ1v) is 9.52. The van der Waals surface area contributed by atoms with Gasteiger partial charge in [0, 0.05) is 0 Å². The Morgan fingerprint density at radius 2 is 1.96 bits per heavy atom. The molecule has 3 aromatic rings. The molecule has 3 rings (SSSR count). The summed E-state index contributed by atoms with van der Waals surface area (Å²) in [6, 6.07) is 14.8. The van der Waals surface area contributed by atoms with Crippen LogP contribution in [0.25, 0.3) is 10.2 Å². The molecule has 140 valence electrons. The Balaban J connectivity index is 1.71. The van der Waals surface area contributed by atoms with Gasteiger partial charge in [-0.2, -0.15) is 0 Å². The van der Waals surface area contributed by atoms with Crippen molar-refractivity contribution in [1.82, 2.24) is 10.3 Å². The lowest BCUT2D eigenvalue weighted by Crippen LogP contribution is -2.32. The molecule has 1 atom stereocenters. The largest absolute Gasteiger partial charge is 0.450 e. The zero-order valence-corrected chi connectivity index (χ0v) is 16.0. The highest BCUT2D eigenvalue weighted by Crippen LogP contribution is 2.27. The minimum atomic E-state index is -0.547. The van der Waals surface area contributed by atoms with E-state index in [-0.39, 0.29) is 18.9 Å². The first-order valence-electron chi connectivity index (χ1n) is 8.70. The van der Waals surface area contributed by atoms with Gasteiger partial charge in [0.1, 0.15) is 0 Å². The number of anilines is 1. The molecule has 7 heteroatoms. The summed E-state index contributed by atoms with van der Waals surface area (Å²) < 4.78 is 5.98. The third-order valence-corrected chi connectivity index (χ3v) is 4.88. The number of thiazole rings is 1. The van der Waals surface area contributed by atoms with Crippen LogP contribution in [0.2, 0.25) is 0 Å². The zero-order chi connectivity index (χ0) is 19.2. The second kappa shape index (κ2) is 8.64. The second-order valence-corrected chi connectivity index (χ2v) is 7.10. The molecule has 0 bridgehead atoms.